The summed E-state index contributed by atoms with van der Waals surface area (Å²) in [7, 11) is 6.43. The lowest BCUT2D eigenvalue weighted by molar-refractivity contribution is -0.276. The van der Waals surface area contributed by atoms with Crippen molar-refractivity contribution in [2.75, 3.05) is 35.0 Å². The zero-order valence-electron chi connectivity index (χ0n) is 9.06. The predicted molar refractivity (Wildman–Crippen MR) is 49.1 cm³/mol. The van der Waals surface area contributed by atoms with Gasteiger partial charge in [0.25, 0.3) is 0 Å². The Balaban J connectivity index is 2.67. The van der Waals surface area contributed by atoms with Gasteiger partial charge in [0.05, 0.1) is 6.61 Å². The van der Waals surface area contributed by atoms with Crippen LogP contribution in [0, 0.1) is 0 Å². The molecule has 0 aromatic heterocycles. The minimum atomic E-state index is -0.392. The van der Waals surface area contributed by atoms with Crippen LogP contribution in [0.2, 0.25) is 0 Å². The third kappa shape index (κ3) is 2.24. The van der Waals surface area contributed by atoms with Crippen molar-refractivity contribution in [2.24, 2.45) is 0 Å². The zero-order valence-corrected chi connectivity index (χ0v) is 9.06. The van der Waals surface area contributed by atoms with Gasteiger partial charge in [-0.3, -0.25) is 0 Å². The smallest absolute Gasteiger partial charge is 0.186 e. The van der Waals surface area contributed by atoms with Crippen LogP contribution in [0.15, 0.2) is 0 Å². The highest BCUT2D eigenvalue weighted by molar-refractivity contribution is 4.85. The second kappa shape index (κ2) is 5.63. The molecule has 0 aromatic rings. The van der Waals surface area contributed by atoms with Crippen molar-refractivity contribution in [1.82, 2.24) is 0 Å². The molecule has 1 aliphatic rings. The molecular weight excluding hydrogens is 188 g/mol. The van der Waals surface area contributed by atoms with Crippen LogP contribution in [-0.2, 0) is 23.7 Å². The van der Waals surface area contributed by atoms with Crippen LogP contribution in [0.3, 0.4) is 0 Å². The Bertz CT molecular complexity index is 145. The fraction of sp³-hybridized carbons (Fsp3) is 1.00. The molecular formula is C9H18O5. The van der Waals surface area contributed by atoms with Crippen molar-refractivity contribution in [3.63, 3.8) is 0 Å². The summed E-state index contributed by atoms with van der Waals surface area (Å²) in [6, 6.07) is 0. The van der Waals surface area contributed by atoms with Gasteiger partial charge in [0, 0.05) is 28.4 Å². The summed E-state index contributed by atoms with van der Waals surface area (Å²) < 4.78 is 26.4. The average Bonchev–Trinajstić information content (AvgIpc) is 2.26. The first-order chi connectivity index (χ1) is 6.78. The van der Waals surface area contributed by atoms with Gasteiger partial charge in [-0.2, -0.15) is 0 Å². The lowest BCUT2D eigenvalue weighted by atomic mass is 10.0. The van der Waals surface area contributed by atoms with Gasteiger partial charge < -0.3 is 23.7 Å². The highest BCUT2D eigenvalue weighted by atomic mass is 16.7. The Labute approximate surface area is 84.2 Å². The number of ether oxygens (including phenoxy) is 5. The summed E-state index contributed by atoms with van der Waals surface area (Å²) >= 11 is 0. The van der Waals surface area contributed by atoms with Crippen LogP contribution in [-0.4, -0.2) is 59.6 Å². The number of hydrogen-bond donors (Lipinski definition) is 0. The molecule has 0 bridgehead atoms. The quantitative estimate of drug-likeness (QED) is 0.649. The van der Waals surface area contributed by atoms with Crippen LogP contribution >= 0.6 is 0 Å². The molecule has 1 fully saturated rings. The lowest BCUT2D eigenvalue weighted by Gasteiger charge is -2.39. The van der Waals surface area contributed by atoms with E-state index in [0.29, 0.717) is 6.61 Å². The summed E-state index contributed by atoms with van der Waals surface area (Å²) in [4.78, 5) is 0. The molecule has 4 atom stereocenters. The summed E-state index contributed by atoms with van der Waals surface area (Å²) in [6.07, 6.45) is -0.930. The molecule has 84 valence electrons. The molecule has 0 aliphatic carbocycles. The van der Waals surface area contributed by atoms with E-state index in [2.05, 4.69) is 0 Å². The van der Waals surface area contributed by atoms with Crippen LogP contribution in [0.4, 0.5) is 0 Å². The van der Waals surface area contributed by atoms with E-state index in [1.165, 1.54) is 0 Å². The number of rotatable bonds is 4. The van der Waals surface area contributed by atoms with E-state index in [0.717, 1.165) is 0 Å². The van der Waals surface area contributed by atoms with E-state index in [1.54, 1.807) is 28.4 Å². The first-order valence-corrected chi connectivity index (χ1v) is 4.51. The zero-order chi connectivity index (χ0) is 10.6. The maximum Gasteiger partial charge on any atom is 0.186 e. The molecule has 0 saturated carbocycles. The van der Waals surface area contributed by atoms with Gasteiger partial charge in [-0.15, -0.1) is 0 Å². The van der Waals surface area contributed by atoms with Crippen molar-refractivity contribution < 1.29 is 23.7 Å². The largest absolute Gasteiger partial charge is 0.376 e. The van der Waals surface area contributed by atoms with Crippen molar-refractivity contribution >= 4 is 0 Å². The van der Waals surface area contributed by atoms with E-state index >= 15 is 0 Å². The topological polar surface area (TPSA) is 46.2 Å². The molecule has 0 unspecified atom stereocenters. The highest BCUT2D eigenvalue weighted by Gasteiger charge is 2.41. The SMILES string of the molecule is CO[C@H]1OC[C@H](OC)[C@H](OC)[C@H]1OC. The van der Waals surface area contributed by atoms with Crippen molar-refractivity contribution in [3.05, 3.63) is 0 Å². The van der Waals surface area contributed by atoms with Crippen molar-refractivity contribution in [2.45, 2.75) is 24.6 Å². The van der Waals surface area contributed by atoms with E-state index in [-0.39, 0.29) is 18.3 Å². The summed E-state index contributed by atoms with van der Waals surface area (Å²) in [5, 5.41) is 0. The highest BCUT2D eigenvalue weighted by Crippen LogP contribution is 2.22. The molecule has 5 heteroatoms. The third-order valence-electron chi connectivity index (χ3n) is 2.46. The molecule has 14 heavy (non-hydrogen) atoms. The molecule has 1 aliphatic heterocycles. The molecule has 0 N–H and O–H groups in total. The van der Waals surface area contributed by atoms with E-state index < -0.39 is 6.29 Å². The first-order valence-electron chi connectivity index (χ1n) is 4.51. The van der Waals surface area contributed by atoms with Crippen LogP contribution in [0.25, 0.3) is 0 Å². The predicted octanol–water partition coefficient (Wildman–Crippen LogP) is 0.0341. The minimum Gasteiger partial charge on any atom is -0.376 e. The van der Waals surface area contributed by atoms with Gasteiger partial charge in [0.2, 0.25) is 0 Å². The lowest BCUT2D eigenvalue weighted by Crippen LogP contribution is -2.55. The Morgan fingerprint density at radius 3 is 1.93 bits per heavy atom. The molecule has 5 nitrogen and oxygen atoms in total. The van der Waals surface area contributed by atoms with E-state index in [4.69, 9.17) is 23.7 Å². The van der Waals surface area contributed by atoms with E-state index in [1.807, 2.05) is 0 Å². The Morgan fingerprint density at radius 1 is 0.857 bits per heavy atom. The molecule has 0 aromatic carbocycles. The standard InChI is InChI=1S/C9H18O5/c1-10-6-5-14-9(13-4)8(12-3)7(6)11-2/h6-9H,5H2,1-4H3/t6-,7-,8+,9-/m0/s1. The van der Waals surface area contributed by atoms with Crippen LogP contribution in [0.5, 0.6) is 0 Å². The summed E-state index contributed by atoms with van der Waals surface area (Å²) in [5.74, 6) is 0. The maximum absolute atomic E-state index is 5.41. The normalized spacial score (nSPS) is 38.6. The van der Waals surface area contributed by atoms with Gasteiger partial charge >= 0.3 is 0 Å². The third-order valence-corrected chi connectivity index (χ3v) is 2.46. The number of methoxy groups -OCH3 is 4. The molecule has 1 heterocycles. The van der Waals surface area contributed by atoms with Gasteiger partial charge in [-0.1, -0.05) is 0 Å². The van der Waals surface area contributed by atoms with Crippen LogP contribution in [0.1, 0.15) is 0 Å². The van der Waals surface area contributed by atoms with E-state index in [9.17, 15) is 0 Å². The summed E-state index contributed by atoms with van der Waals surface area (Å²) in [5.41, 5.74) is 0. The second-order valence-corrected chi connectivity index (χ2v) is 3.11. The molecule has 1 saturated heterocycles. The van der Waals surface area contributed by atoms with Gasteiger partial charge in [0.1, 0.15) is 18.3 Å². The van der Waals surface area contributed by atoms with Crippen molar-refractivity contribution in [3.8, 4) is 0 Å². The maximum atomic E-state index is 5.41. The average molecular weight is 206 g/mol. The molecule has 0 spiro atoms. The van der Waals surface area contributed by atoms with Gasteiger partial charge in [0.15, 0.2) is 6.29 Å². The second-order valence-electron chi connectivity index (χ2n) is 3.11. The molecule has 1 rings (SSSR count). The van der Waals surface area contributed by atoms with Gasteiger partial charge in [-0.25, -0.2) is 0 Å². The fourth-order valence-electron chi connectivity index (χ4n) is 1.68. The first kappa shape index (κ1) is 11.9. The molecule has 0 radical (unpaired) electrons. The Morgan fingerprint density at radius 2 is 1.50 bits per heavy atom. The Hall–Kier alpha value is -0.200. The van der Waals surface area contributed by atoms with Crippen LogP contribution < -0.4 is 0 Å². The number of hydrogen-bond acceptors (Lipinski definition) is 5. The van der Waals surface area contributed by atoms with Gasteiger partial charge in [-0.05, 0) is 0 Å². The molecule has 0 amide bonds. The monoisotopic (exact) mass is 206 g/mol. The Kier molecular flexibility index (Phi) is 4.77. The minimum absolute atomic E-state index is 0.114. The fourth-order valence-corrected chi connectivity index (χ4v) is 1.68. The summed E-state index contributed by atoms with van der Waals surface area (Å²) in [6.45, 7) is 0.452. The van der Waals surface area contributed by atoms with Crippen molar-refractivity contribution in [1.29, 1.82) is 0 Å².